The maximum Gasteiger partial charge on any atom is 0.227 e. The minimum Gasteiger partial charge on any atom is -0.326 e. The number of anilines is 1. The van der Waals surface area contributed by atoms with Gasteiger partial charge in [-0.3, -0.25) is 4.79 Å². The topological polar surface area (TPSA) is 29.1 Å². The van der Waals surface area contributed by atoms with Gasteiger partial charge >= 0.3 is 0 Å². The van der Waals surface area contributed by atoms with Crippen molar-refractivity contribution in [2.75, 3.05) is 5.32 Å². The minimum atomic E-state index is 0.172. The SMILES string of the molecule is Cc1ccc(NC(=O)[C@@H]2C[C@H]2C)cc1C. The van der Waals surface area contributed by atoms with Crippen molar-refractivity contribution in [3.8, 4) is 0 Å². The van der Waals surface area contributed by atoms with Crippen molar-refractivity contribution >= 4 is 11.6 Å². The summed E-state index contributed by atoms with van der Waals surface area (Å²) in [4.78, 5) is 11.7. The van der Waals surface area contributed by atoms with Crippen molar-refractivity contribution < 1.29 is 4.79 Å². The van der Waals surface area contributed by atoms with E-state index in [1.165, 1.54) is 11.1 Å². The summed E-state index contributed by atoms with van der Waals surface area (Å²) >= 11 is 0. The van der Waals surface area contributed by atoms with E-state index >= 15 is 0 Å². The number of hydrogen-bond acceptors (Lipinski definition) is 1. The summed E-state index contributed by atoms with van der Waals surface area (Å²) in [6.45, 7) is 6.25. The van der Waals surface area contributed by atoms with E-state index in [2.05, 4.69) is 26.1 Å². The second kappa shape index (κ2) is 3.69. The van der Waals surface area contributed by atoms with Crippen molar-refractivity contribution in [3.05, 3.63) is 29.3 Å². The molecule has 1 aliphatic rings. The molecule has 0 spiro atoms. The molecule has 0 aliphatic heterocycles. The zero-order valence-electron chi connectivity index (χ0n) is 9.50. The number of rotatable bonds is 2. The first-order valence-corrected chi connectivity index (χ1v) is 5.46. The lowest BCUT2D eigenvalue weighted by Crippen LogP contribution is -2.14. The summed E-state index contributed by atoms with van der Waals surface area (Å²) in [6, 6.07) is 6.04. The zero-order valence-corrected chi connectivity index (χ0v) is 9.50. The van der Waals surface area contributed by atoms with Gasteiger partial charge in [0, 0.05) is 11.6 Å². The summed E-state index contributed by atoms with van der Waals surface area (Å²) in [5.41, 5.74) is 3.40. The molecule has 1 amide bonds. The van der Waals surface area contributed by atoms with Crippen LogP contribution in [-0.4, -0.2) is 5.91 Å². The number of carbonyl (C=O) groups is 1. The number of benzene rings is 1. The molecule has 1 saturated carbocycles. The van der Waals surface area contributed by atoms with Gasteiger partial charge in [-0.1, -0.05) is 13.0 Å². The molecular formula is C13H17NO. The van der Waals surface area contributed by atoms with Crippen LogP contribution in [0.1, 0.15) is 24.5 Å². The van der Waals surface area contributed by atoms with Gasteiger partial charge in [0.05, 0.1) is 0 Å². The molecule has 1 aliphatic carbocycles. The summed E-state index contributed by atoms with van der Waals surface area (Å²) in [5.74, 6) is 0.980. The van der Waals surface area contributed by atoms with E-state index in [4.69, 9.17) is 0 Å². The number of hydrogen-bond donors (Lipinski definition) is 1. The molecule has 15 heavy (non-hydrogen) atoms. The lowest BCUT2D eigenvalue weighted by atomic mass is 10.1. The average molecular weight is 203 g/mol. The van der Waals surface area contributed by atoms with E-state index in [9.17, 15) is 4.79 Å². The third kappa shape index (κ3) is 2.20. The summed E-state index contributed by atoms with van der Waals surface area (Å²) in [5, 5.41) is 2.96. The Labute approximate surface area is 90.7 Å². The van der Waals surface area contributed by atoms with Crippen molar-refractivity contribution in [1.29, 1.82) is 0 Å². The fourth-order valence-electron chi connectivity index (χ4n) is 1.74. The molecule has 1 fully saturated rings. The number of nitrogens with one attached hydrogen (secondary N) is 1. The molecule has 2 nitrogen and oxygen atoms in total. The molecule has 1 N–H and O–H groups in total. The van der Waals surface area contributed by atoms with Crippen LogP contribution in [-0.2, 0) is 4.79 Å². The van der Waals surface area contributed by atoms with Crippen LogP contribution in [0.5, 0.6) is 0 Å². The highest BCUT2D eigenvalue weighted by Gasteiger charge is 2.38. The normalized spacial score (nSPS) is 23.7. The van der Waals surface area contributed by atoms with Crippen LogP contribution in [0.2, 0.25) is 0 Å². The quantitative estimate of drug-likeness (QED) is 0.786. The first-order valence-electron chi connectivity index (χ1n) is 5.46. The average Bonchev–Trinajstić information content (AvgIpc) is 2.89. The number of aryl methyl sites for hydroxylation is 2. The Bertz CT molecular complexity index is 398. The van der Waals surface area contributed by atoms with Gasteiger partial charge in [-0.15, -0.1) is 0 Å². The fraction of sp³-hybridized carbons (Fsp3) is 0.462. The predicted octanol–water partition coefficient (Wildman–Crippen LogP) is 2.90. The van der Waals surface area contributed by atoms with Gasteiger partial charge in [-0.2, -0.15) is 0 Å². The maximum absolute atomic E-state index is 11.7. The third-order valence-corrected chi connectivity index (χ3v) is 3.22. The molecule has 1 aromatic carbocycles. The lowest BCUT2D eigenvalue weighted by Gasteiger charge is -2.07. The van der Waals surface area contributed by atoms with Gasteiger partial charge in [0.1, 0.15) is 0 Å². The monoisotopic (exact) mass is 203 g/mol. The Hall–Kier alpha value is -1.31. The first-order chi connectivity index (χ1) is 7.08. The van der Waals surface area contributed by atoms with Crippen LogP contribution in [0.15, 0.2) is 18.2 Å². The molecule has 2 rings (SSSR count). The van der Waals surface area contributed by atoms with Crippen molar-refractivity contribution in [1.82, 2.24) is 0 Å². The Morgan fingerprint density at radius 1 is 1.33 bits per heavy atom. The highest BCUT2D eigenvalue weighted by Crippen LogP contribution is 2.38. The van der Waals surface area contributed by atoms with Crippen LogP contribution in [0, 0.1) is 25.7 Å². The fourth-order valence-corrected chi connectivity index (χ4v) is 1.74. The van der Waals surface area contributed by atoms with E-state index < -0.39 is 0 Å². The van der Waals surface area contributed by atoms with Gasteiger partial charge in [0.25, 0.3) is 0 Å². The van der Waals surface area contributed by atoms with Crippen LogP contribution in [0.25, 0.3) is 0 Å². The van der Waals surface area contributed by atoms with E-state index in [1.54, 1.807) is 0 Å². The van der Waals surface area contributed by atoms with Gasteiger partial charge < -0.3 is 5.32 Å². The number of carbonyl (C=O) groups excluding carboxylic acids is 1. The standard InChI is InChI=1S/C13H17NO/c1-8-4-5-11(6-9(8)2)14-13(15)12-7-10(12)3/h4-6,10,12H,7H2,1-3H3,(H,14,15)/t10-,12-/m1/s1. The molecule has 0 aromatic heterocycles. The largest absolute Gasteiger partial charge is 0.326 e. The molecule has 2 heteroatoms. The molecule has 0 bridgehead atoms. The summed E-state index contributed by atoms with van der Waals surface area (Å²) in [7, 11) is 0. The highest BCUT2D eigenvalue weighted by molar-refractivity contribution is 5.94. The molecule has 0 radical (unpaired) electrons. The first kappa shape index (κ1) is 10.2. The van der Waals surface area contributed by atoms with Gasteiger partial charge in [0.15, 0.2) is 0 Å². The van der Waals surface area contributed by atoms with Crippen molar-refractivity contribution in [2.45, 2.75) is 27.2 Å². The second-order valence-corrected chi connectivity index (χ2v) is 4.61. The Morgan fingerprint density at radius 3 is 2.53 bits per heavy atom. The molecular weight excluding hydrogens is 186 g/mol. The smallest absolute Gasteiger partial charge is 0.227 e. The van der Waals surface area contributed by atoms with Gasteiger partial charge in [-0.05, 0) is 49.4 Å². The van der Waals surface area contributed by atoms with Gasteiger partial charge in [-0.25, -0.2) is 0 Å². The summed E-state index contributed by atoms with van der Waals surface area (Å²) < 4.78 is 0. The van der Waals surface area contributed by atoms with Crippen LogP contribution >= 0.6 is 0 Å². The molecule has 0 heterocycles. The van der Waals surface area contributed by atoms with Crippen LogP contribution in [0.4, 0.5) is 5.69 Å². The lowest BCUT2D eigenvalue weighted by molar-refractivity contribution is -0.117. The Morgan fingerprint density at radius 2 is 2.00 bits per heavy atom. The summed E-state index contributed by atoms with van der Waals surface area (Å²) in [6.07, 6.45) is 1.04. The zero-order chi connectivity index (χ0) is 11.0. The van der Waals surface area contributed by atoms with Crippen molar-refractivity contribution in [2.24, 2.45) is 11.8 Å². The molecule has 80 valence electrons. The highest BCUT2D eigenvalue weighted by atomic mass is 16.2. The van der Waals surface area contributed by atoms with Crippen LogP contribution in [0.3, 0.4) is 0 Å². The van der Waals surface area contributed by atoms with Gasteiger partial charge in [0.2, 0.25) is 5.91 Å². The molecule has 0 unspecified atom stereocenters. The van der Waals surface area contributed by atoms with Crippen molar-refractivity contribution in [3.63, 3.8) is 0 Å². The Kier molecular flexibility index (Phi) is 2.51. The molecule has 2 atom stereocenters. The second-order valence-electron chi connectivity index (χ2n) is 4.61. The third-order valence-electron chi connectivity index (χ3n) is 3.22. The maximum atomic E-state index is 11.7. The van der Waals surface area contributed by atoms with Crippen LogP contribution < -0.4 is 5.32 Å². The Balaban J connectivity index is 2.04. The molecule has 1 aromatic rings. The van der Waals surface area contributed by atoms with E-state index in [1.807, 2.05) is 18.2 Å². The predicted molar refractivity (Wildman–Crippen MR) is 61.8 cm³/mol. The van der Waals surface area contributed by atoms with E-state index in [-0.39, 0.29) is 11.8 Å². The van der Waals surface area contributed by atoms with E-state index in [0.29, 0.717) is 5.92 Å². The number of amides is 1. The minimum absolute atomic E-state index is 0.172. The van der Waals surface area contributed by atoms with E-state index in [0.717, 1.165) is 12.1 Å². The molecule has 0 saturated heterocycles.